The van der Waals surface area contributed by atoms with Crippen molar-refractivity contribution in [3.8, 4) is 29.0 Å². The number of rotatable bonds is 2. The maximum Gasteiger partial charge on any atom is 0.258 e. The van der Waals surface area contributed by atoms with Gasteiger partial charge in [0.15, 0.2) is 0 Å². The van der Waals surface area contributed by atoms with E-state index in [1.54, 1.807) is 24.4 Å². The molecule has 90 valence electrons. The third-order valence-electron chi connectivity index (χ3n) is 2.44. The highest BCUT2D eigenvalue weighted by molar-refractivity contribution is 5.57. The minimum Gasteiger partial charge on any atom is -0.334 e. The summed E-state index contributed by atoms with van der Waals surface area (Å²) in [6, 6.07) is 10.7. The second-order valence-corrected chi connectivity index (χ2v) is 3.68. The molecule has 0 fully saturated rings. The molecule has 0 bridgehead atoms. The minimum atomic E-state index is 0.301. The summed E-state index contributed by atoms with van der Waals surface area (Å²) in [6.45, 7) is 0. The Bertz CT molecular complexity index is 745. The van der Waals surface area contributed by atoms with Crippen LogP contribution in [0.1, 0.15) is 5.69 Å². The maximum absolute atomic E-state index is 8.80. The van der Waals surface area contributed by atoms with Crippen molar-refractivity contribution in [3.63, 3.8) is 0 Å². The van der Waals surface area contributed by atoms with Crippen LogP contribution in [0.5, 0.6) is 0 Å². The molecule has 0 N–H and O–H groups in total. The van der Waals surface area contributed by atoms with Gasteiger partial charge in [-0.3, -0.25) is 4.98 Å². The van der Waals surface area contributed by atoms with Crippen LogP contribution in [0.3, 0.4) is 0 Å². The number of hydrogen-bond acceptors (Lipinski definition) is 6. The lowest BCUT2D eigenvalue weighted by Crippen LogP contribution is -1.86. The molecular weight excluding hydrogens is 242 g/mol. The standard InChI is InChI=1S/C13H7N5O/c14-8-10-7-9(4-6-15-10)13-17-12(18-19-13)11-3-1-2-5-16-11/h1-7H. The third-order valence-corrected chi connectivity index (χ3v) is 2.44. The molecule has 0 radical (unpaired) electrons. The van der Waals surface area contributed by atoms with Crippen LogP contribution in [0, 0.1) is 11.3 Å². The highest BCUT2D eigenvalue weighted by Crippen LogP contribution is 2.20. The average Bonchev–Trinajstić information content (AvgIpc) is 2.98. The van der Waals surface area contributed by atoms with Crippen molar-refractivity contribution >= 4 is 0 Å². The minimum absolute atomic E-state index is 0.301. The summed E-state index contributed by atoms with van der Waals surface area (Å²) in [4.78, 5) is 12.3. The van der Waals surface area contributed by atoms with Crippen molar-refractivity contribution in [1.82, 2.24) is 20.1 Å². The highest BCUT2D eigenvalue weighted by Gasteiger charge is 2.11. The Morgan fingerprint density at radius 2 is 2.05 bits per heavy atom. The quantitative estimate of drug-likeness (QED) is 0.690. The summed E-state index contributed by atoms with van der Waals surface area (Å²) in [5.41, 5.74) is 1.59. The van der Waals surface area contributed by atoms with E-state index in [2.05, 4.69) is 20.1 Å². The number of aromatic nitrogens is 4. The molecule has 6 nitrogen and oxygen atoms in total. The van der Waals surface area contributed by atoms with Gasteiger partial charge < -0.3 is 4.52 Å². The first kappa shape index (κ1) is 11.0. The Balaban J connectivity index is 2.00. The average molecular weight is 249 g/mol. The molecule has 0 amide bonds. The van der Waals surface area contributed by atoms with Crippen molar-refractivity contribution in [2.24, 2.45) is 0 Å². The van der Waals surface area contributed by atoms with Crippen LogP contribution in [-0.4, -0.2) is 20.1 Å². The van der Waals surface area contributed by atoms with Gasteiger partial charge in [0.25, 0.3) is 5.89 Å². The molecule has 0 saturated heterocycles. The topological polar surface area (TPSA) is 88.5 Å². The molecule has 0 saturated carbocycles. The zero-order chi connectivity index (χ0) is 13.1. The summed E-state index contributed by atoms with van der Waals surface area (Å²) in [5.74, 6) is 0.741. The van der Waals surface area contributed by atoms with Gasteiger partial charge in [0.1, 0.15) is 17.5 Å². The summed E-state index contributed by atoms with van der Waals surface area (Å²) < 4.78 is 5.17. The van der Waals surface area contributed by atoms with E-state index < -0.39 is 0 Å². The summed E-state index contributed by atoms with van der Waals surface area (Å²) in [5, 5.41) is 12.7. The van der Waals surface area contributed by atoms with Crippen LogP contribution in [0.25, 0.3) is 23.0 Å². The molecule has 3 rings (SSSR count). The predicted molar refractivity (Wildman–Crippen MR) is 65.5 cm³/mol. The number of nitrogens with zero attached hydrogens (tertiary/aromatic N) is 5. The molecule has 0 aliphatic rings. The van der Waals surface area contributed by atoms with Crippen molar-refractivity contribution in [3.05, 3.63) is 48.4 Å². The SMILES string of the molecule is N#Cc1cc(-c2nc(-c3ccccn3)no2)ccn1. The van der Waals surface area contributed by atoms with E-state index in [1.807, 2.05) is 18.2 Å². The van der Waals surface area contributed by atoms with Crippen molar-refractivity contribution in [2.75, 3.05) is 0 Å². The smallest absolute Gasteiger partial charge is 0.258 e. The van der Waals surface area contributed by atoms with Gasteiger partial charge in [-0.05, 0) is 24.3 Å². The van der Waals surface area contributed by atoms with Crippen LogP contribution in [0.2, 0.25) is 0 Å². The highest BCUT2D eigenvalue weighted by atomic mass is 16.5. The Labute approximate surface area is 108 Å². The van der Waals surface area contributed by atoms with Gasteiger partial charge in [-0.15, -0.1) is 0 Å². The van der Waals surface area contributed by atoms with Gasteiger partial charge in [0, 0.05) is 18.0 Å². The molecule has 19 heavy (non-hydrogen) atoms. The zero-order valence-electron chi connectivity index (χ0n) is 9.69. The first-order valence-electron chi connectivity index (χ1n) is 5.48. The summed E-state index contributed by atoms with van der Waals surface area (Å²) in [6.07, 6.45) is 3.18. The van der Waals surface area contributed by atoms with Gasteiger partial charge >= 0.3 is 0 Å². The Morgan fingerprint density at radius 3 is 2.84 bits per heavy atom. The lowest BCUT2D eigenvalue weighted by atomic mass is 10.2. The monoisotopic (exact) mass is 249 g/mol. The molecule has 0 spiro atoms. The van der Waals surface area contributed by atoms with E-state index in [0.29, 0.717) is 28.7 Å². The van der Waals surface area contributed by atoms with Crippen molar-refractivity contribution < 1.29 is 4.52 Å². The van der Waals surface area contributed by atoms with E-state index >= 15 is 0 Å². The fraction of sp³-hybridized carbons (Fsp3) is 0. The van der Waals surface area contributed by atoms with Crippen LogP contribution in [-0.2, 0) is 0 Å². The lowest BCUT2D eigenvalue weighted by Gasteiger charge is -1.93. The van der Waals surface area contributed by atoms with Crippen LogP contribution in [0.15, 0.2) is 47.2 Å². The largest absolute Gasteiger partial charge is 0.334 e. The van der Waals surface area contributed by atoms with E-state index in [9.17, 15) is 0 Å². The number of hydrogen-bond donors (Lipinski definition) is 0. The second-order valence-electron chi connectivity index (χ2n) is 3.68. The van der Waals surface area contributed by atoms with Gasteiger partial charge in [-0.2, -0.15) is 10.2 Å². The van der Waals surface area contributed by atoms with Gasteiger partial charge in [-0.1, -0.05) is 11.2 Å². The van der Waals surface area contributed by atoms with Crippen molar-refractivity contribution in [1.29, 1.82) is 5.26 Å². The molecule has 0 aliphatic carbocycles. The number of pyridine rings is 2. The van der Waals surface area contributed by atoms with E-state index in [1.165, 1.54) is 6.20 Å². The summed E-state index contributed by atoms with van der Waals surface area (Å²) >= 11 is 0. The van der Waals surface area contributed by atoms with Crippen molar-refractivity contribution in [2.45, 2.75) is 0 Å². The Kier molecular flexibility index (Phi) is 2.71. The zero-order valence-corrected chi connectivity index (χ0v) is 9.69. The molecular formula is C13H7N5O. The van der Waals surface area contributed by atoms with Crippen LogP contribution >= 0.6 is 0 Å². The van der Waals surface area contributed by atoms with E-state index in [4.69, 9.17) is 9.78 Å². The molecule has 0 aromatic carbocycles. The molecule has 3 heterocycles. The molecule has 0 atom stereocenters. The molecule has 3 aromatic rings. The molecule has 0 unspecified atom stereocenters. The Hall–Kier alpha value is -3.07. The van der Waals surface area contributed by atoms with Gasteiger partial charge in [-0.25, -0.2) is 4.98 Å². The first-order valence-corrected chi connectivity index (χ1v) is 5.48. The van der Waals surface area contributed by atoms with Crippen LogP contribution in [0.4, 0.5) is 0 Å². The summed E-state index contributed by atoms with van der Waals surface area (Å²) in [7, 11) is 0. The van der Waals surface area contributed by atoms with Gasteiger partial charge in [0.2, 0.25) is 5.82 Å². The number of nitriles is 1. The second kappa shape index (κ2) is 4.66. The molecule has 3 aromatic heterocycles. The Morgan fingerprint density at radius 1 is 1.11 bits per heavy atom. The first-order chi connectivity index (χ1) is 9.36. The van der Waals surface area contributed by atoms with E-state index in [-0.39, 0.29) is 0 Å². The normalized spacial score (nSPS) is 10.1. The van der Waals surface area contributed by atoms with E-state index in [0.717, 1.165) is 0 Å². The van der Waals surface area contributed by atoms with Crippen LogP contribution < -0.4 is 0 Å². The lowest BCUT2D eigenvalue weighted by molar-refractivity contribution is 0.432. The van der Waals surface area contributed by atoms with Gasteiger partial charge in [0.05, 0.1) is 0 Å². The fourth-order valence-corrected chi connectivity index (χ4v) is 1.56. The third kappa shape index (κ3) is 2.17. The predicted octanol–water partition coefficient (Wildman–Crippen LogP) is 2.07. The maximum atomic E-state index is 8.80. The molecule has 6 heteroatoms. The molecule has 0 aliphatic heterocycles. The fourth-order valence-electron chi connectivity index (χ4n) is 1.56.